The summed E-state index contributed by atoms with van der Waals surface area (Å²) in [5, 5.41) is 22.0. The van der Waals surface area contributed by atoms with E-state index in [1.807, 2.05) is 0 Å². The van der Waals surface area contributed by atoms with Crippen LogP contribution in [0.25, 0.3) is 0 Å². The molecule has 0 saturated heterocycles. The van der Waals surface area contributed by atoms with Gasteiger partial charge in [0.25, 0.3) is 0 Å². The maximum Gasteiger partial charge on any atom is 0.311 e. The maximum absolute atomic E-state index is 11.7. The van der Waals surface area contributed by atoms with E-state index in [9.17, 15) is 14.4 Å². The number of esters is 3. The van der Waals surface area contributed by atoms with Crippen LogP contribution < -0.4 is 0 Å². The minimum Gasteiger partial charge on any atom is -0.465 e. The minimum atomic E-state index is -0.942. The van der Waals surface area contributed by atoms with E-state index in [1.165, 1.54) is 20.8 Å². The molecular weight excluding hydrogens is 354 g/mol. The van der Waals surface area contributed by atoms with Crippen LogP contribution in [0.3, 0.4) is 0 Å². The molecule has 9 heteroatoms. The molecule has 0 aromatic rings. The van der Waals surface area contributed by atoms with Gasteiger partial charge >= 0.3 is 17.9 Å². The summed E-state index contributed by atoms with van der Waals surface area (Å²) in [5.41, 5.74) is -0.475. The van der Waals surface area contributed by atoms with E-state index in [0.29, 0.717) is 6.42 Å². The first kappa shape index (κ1) is 24.4. The quantitative estimate of drug-likeness (QED) is 0.252. The van der Waals surface area contributed by atoms with Crippen molar-refractivity contribution in [2.24, 2.45) is 5.41 Å². The number of ether oxygens (including phenoxy) is 3. The van der Waals surface area contributed by atoms with Crippen molar-refractivity contribution in [2.45, 2.75) is 53.4 Å². The first-order valence-corrected chi connectivity index (χ1v) is 8.58. The Morgan fingerprint density at radius 3 is 1.11 bits per heavy atom. The van der Waals surface area contributed by atoms with Crippen LogP contribution in [0.2, 0.25) is 0 Å². The molecule has 9 nitrogen and oxygen atoms in total. The summed E-state index contributed by atoms with van der Waals surface area (Å²) in [4.78, 5) is 35.2. The molecule has 0 heterocycles. The number of carbonyl (C=O) groups excluding carboxylic acids is 3. The standard InChI is InChI=1S/C18H29N3O6/c1-5-18(9-25-15(22)6-12(2)19,10-26-16(23)7-13(3)20)11-27-17(24)8-14(4)21/h19-21H,5-11H2,1-4H3. The summed E-state index contributed by atoms with van der Waals surface area (Å²) in [6.07, 6.45) is -0.0738. The monoisotopic (exact) mass is 383 g/mol. The Kier molecular flexibility index (Phi) is 10.8. The Bertz CT molecular complexity index is 521. The molecule has 0 aliphatic rings. The van der Waals surface area contributed by atoms with Crippen LogP contribution in [0.1, 0.15) is 53.4 Å². The molecule has 0 aliphatic carbocycles. The van der Waals surface area contributed by atoms with Crippen molar-refractivity contribution >= 4 is 35.0 Å². The lowest BCUT2D eigenvalue weighted by atomic mass is 9.88. The van der Waals surface area contributed by atoms with Crippen molar-refractivity contribution in [1.29, 1.82) is 16.2 Å². The number of rotatable bonds is 13. The van der Waals surface area contributed by atoms with Gasteiger partial charge in [-0.05, 0) is 27.2 Å². The molecule has 0 bridgehead atoms. The Labute approximate surface area is 159 Å². The fourth-order valence-corrected chi connectivity index (χ4v) is 1.93. The van der Waals surface area contributed by atoms with E-state index < -0.39 is 23.3 Å². The van der Waals surface area contributed by atoms with Crippen LogP contribution in [-0.2, 0) is 28.6 Å². The highest BCUT2D eigenvalue weighted by Gasteiger charge is 2.34. The first-order valence-electron chi connectivity index (χ1n) is 8.58. The molecule has 0 rings (SSSR count). The Hall–Kier alpha value is -2.58. The van der Waals surface area contributed by atoms with E-state index in [1.54, 1.807) is 6.92 Å². The highest BCUT2D eigenvalue weighted by molar-refractivity contribution is 5.96. The predicted molar refractivity (Wildman–Crippen MR) is 99.7 cm³/mol. The average Bonchev–Trinajstić information content (AvgIpc) is 2.52. The fourth-order valence-electron chi connectivity index (χ4n) is 1.93. The Balaban J connectivity index is 5.04. The summed E-state index contributed by atoms with van der Waals surface area (Å²) in [6, 6.07) is 0. The lowest BCUT2D eigenvalue weighted by Gasteiger charge is -2.31. The van der Waals surface area contributed by atoms with Crippen LogP contribution in [-0.4, -0.2) is 54.9 Å². The first-order chi connectivity index (χ1) is 12.5. The molecule has 152 valence electrons. The van der Waals surface area contributed by atoms with Gasteiger partial charge in [0.2, 0.25) is 0 Å². The highest BCUT2D eigenvalue weighted by Crippen LogP contribution is 2.25. The van der Waals surface area contributed by atoms with Crippen molar-refractivity contribution in [3.05, 3.63) is 0 Å². The number of hydrogen-bond donors (Lipinski definition) is 3. The molecule has 0 saturated carbocycles. The van der Waals surface area contributed by atoms with Crippen LogP contribution in [0.5, 0.6) is 0 Å². The topological polar surface area (TPSA) is 150 Å². The smallest absolute Gasteiger partial charge is 0.311 e. The van der Waals surface area contributed by atoms with Gasteiger partial charge in [-0.25, -0.2) is 0 Å². The minimum absolute atomic E-state index is 0.149. The zero-order valence-corrected chi connectivity index (χ0v) is 16.4. The zero-order valence-electron chi connectivity index (χ0n) is 16.4. The molecule has 0 aliphatic heterocycles. The third-order valence-electron chi connectivity index (χ3n) is 3.60. The molecule has 0 atom stereocenters. The molecule has 0 aromatic heterocycles. The van der Waals surface area contributed by atoms with Gasteiger partial charge in [-0.1, -0.05) is 6.92 Å². The molecule has 0 fully saturated rings. The molecule has 3 N–H and O–H groups in total. The summed E-state index contributed by atoms with van der Waals surface area (Å²) in [6.45, 7) is 5.78. The van der Waals surface area contributed by atoms with Gasteiger partial charge < -0.3 is 30.4 Å². The summed E-state index contributed by atoms with van der Waals surface area (Å²) >= 11 is 0. The van der Waals surface area contributed by atoms with Crippen LogP contribution in [0.4, 0.5) is 0 Å². The normalized spacial score (nSPS) is 12.4. The molecule has 0 radical (unpaired) electrons. The van der Waals surface area contributed by atoms with Crippen molar-refractivity contribution in [1.82, 2.24) is 0 Å². The Morgan fingerprint density at radius 2 is 0.926 bits per heavy atom. The van der Waals surface area contributed by atoms with E-state index >= 15 is 0 Å². The fraction of sp³-hybridized carbons (Fsp3) is 0.667. The molecule has 0 spiro atoms. The summed E-state index contributed by atoms with van der Waals surface area (Å²) in [7, 11) is 0. The van der Waals surface area contributed by atoms with Gasteiger partial charge in [0.1, 0.15) is 19.8 Å². The lowest BCUT2D eigenvalue weighted by Crippen LogP contribution is -2.39. The van der Waals surface area contributed by atoms with E-state index in [-0.39, 0.29) is 56.2 Å². The van der Waals surface area contributed by atoms with Crippen LogP contribution in [0, 0.1) is 21.6 Å². The van der Waals surface area contributed by atoms with Crippen molar-refractivity contribution in [3.8, 4) is 0 Å². The summed E-state index contributed by atoms with van der Waals surface area (Å²) in [5.74, 6) is -1.78. The number of hydrogen-bond acceptors (Lipinski definition) is 9. The van der Waals surface area contributed by atoms with Gasteiger partial charge in [-0.3, -0.25) is 14.4 Å². The van der Waals surface area contributed by atoms with Crippen LogP contribution >= 0.6 is 0 Å². The van der Waals surface area contributed by atoms with Gasteiger partial charge in [-0.2, -0.15) is 0 Å². The van der Waals surface area contributed by atoms with Crippen molar-refractivity contribution in [3.63, 3.8) is 0 Å². The average molecular weight is 383 g/mol. The molecule has 27 heavy (non-hydrogen) atoms. The SMILES string of the molecule is CCC(COC(=O)CC(C)=N)(COC(=O)CC(C)=N)COC(=O)CC(C)=N. The van der Waals surface area contributed by atoms with Crippen LogP contribution in [0.15, 0.2) is 0 Å². The third-order valence-corrected chi connectivity index (χ3v) is 3.60. The molecule has 0 aromatic carbocycles. The van der Waals surface area contributed by atoms with Crippen molar-refractivity contribution < 1.29 is 28.6 Å². The third kappa shape index (κ3) is 11.6. The Morgan fingerprint density at radius 1 is 0.667 bits per heavy atom. The van der Waals surface area contributed by atoms with E-state index in [2.05, 4.69) is 0 Å². The zero-order chi connectivity index (χ0) is 21.0. The second kappa shape index (κ2) is 11.9. The van der Waals surface area contributed by atoms with Gasteiger partial charge in [-0.15, -0.1) is 0 Å². The predicted octanol–water partition coefficient (Wildman–Crippen LogP) is 2.30. The highest BCUT2D eigenvalue weighted by atomic mass is 16.6. The second-order valence-corrected chi connectivity index (χ2v) is 6.71. The van der Waals surface area contributed by atoms with Crippen molar-refractivity contribution in [2.75, 3.05) is 19.8 Å². The lowest BCUT2D eigenvalue weighted by molar-refractivity contribution is -0.160. The maximum atomic E-state index is 11.7. The molecule has 0 unspecified atom stereocenters. The second-order valence-electron chi connectivity index (χ2n) is 6.71. The number of nitrogens with one attached hydrogen (secondary N) is 3. The molecular formula is C18H29N3O6. The van der Waals surface area contributed by atoms with Gasteiger partial charge in [0.05, 0.1) is 24.7 Å². The largest absolute Gasteiger partial charge is 0.465 e. The summed E-state index contributed by atoms with van der Waals surface area (Å²) < 4.78 is 15.6. The van der Waals surface area contributed by atoms with E-state index in [4.69, 9.17) is 30.4 Å². The molecule has 0 amide bonds. The van der Waals surface area contributed by atoms with E-state index in [0.717, 1.165) is 0 Å². The van der Waals surface area contributed by atoms with Gasteiger partial charge in [0, 0.05) is 17.1 Å². The van der Waals surface area contributed by atoms with Gasteiger partial charge in [0.15, 0.2) is 0 Å². The number of carbonyl (C=O) groups is 3.